The lowest BCUT2D eigenvalue weighted by Gasteiger charge is -2.37. The van der Waals surface area contributed by atoms with Gasteiger partial charge < -0.3 is 10.1 Å². The monoisotopic (exact) mass is 245 g/mol. The average molecular weight is 245 g/mol. The Hall–Kier alpha value is -0.860. The second-order valence-corrected chi connectivity index (χ2v) is 5.69. The second kappa shape index (κ2) is 5.85. The first-order chi connectivity index (χ1) is 8.93. The predicted molar refractivity (Wildman–Crippen MR) is 73.5 cm³/mol. The molecule has 1 aromatic rings. The third-order valence-electron chi connectivity index (χ3n) is 4.33. The minimum atomic E-state index is 0.528. The Kier molecular flexibility index (Phi) is 3.96. The molecular formula is C16H23NO. The van der Waals surface area contributed by atoms with Gasteiger partial charge in [-0.1, -0.05) is 49.6 Å². The molecule has 0 aromatic heterocycles. The second-order valence-electron chi connectivity index (χ2n) is 5.69. The van der Waals surface area contributed by atoms with Crippen molar-refractivity contribution in [3.63, 3.8) is 0 Å². The Morgan fingerprint density at radius 1 is 1.00 bits per heavy atom. The first kappa shape index (κ1) is 12.2. The number of hydrogen-bond donors (Lipinski definition) is 1. The van der Waals surface area contributed by atoms with Crippen LogP contribution < -0.4 is 5.32 Å². The van der Waals surface area contributed by atoms with Gasteiger partial charge in [0, 0.05) is 6.04 Å². The summed E-state index contributed by atoms with van der Waals surface area (Å²) in [6.07, 6.45) is 6.97. The third kappa shape index (κ3) is 2.76. The van der Waals surface area contributed by atoms with Gasteiger partial charge in [-0.25, -0.2) is 0 Å². The van der Waals surface area contributed by atoms with Crippen molar-refractivity contribution in [2.24, 2.45) is 5.92 Å². The van der Waals surface area contributed by atoms with Crippen LogP contribution >= 0.6 is 0 Å². The summed E-state index contributed by atoms with van der Waals surface area (Å²) in [6, 6.07) is 12.1. The van der Waals surface area contributed by atoms with Crippen LogP contribution in [0.4, 0.5) is 0 Å². The number of hydrogen-bond acceptors (Lipinski definition) is 2. The van der Waals surface area contributed by atoms with Crippen LogP contribution in [0, 0.1) is 5.92 Å². The van der Waals surface area contributed by atoms with Crippen molar-refractivity contribution in [1.29, 1.82) is 0 Å². The lowest BCUT2D eigenvalue weighted by atomic mass is 9.80. The summed E-state index contributed by atoms with van der Waals surface area (Å²) in [5.74, 6) is 0.807. The largest absolute Gasteiger partial charge is 0.378 e. The smallest absolute Gasteiger partial charge is 0.0643 e. The number of ether oxygens (including phenoxy) is 1. The van der Waals surface area contributed by atoms with Gasteiger partial charge in [-0.05, 0) is 24.3 Å². The highest BCUT2D eigenvalue weighted by Crippen LogP contribution is 2.35. The minimum Gasteiger partial charge on any atom is -0.378 e. The molecule has 0 amide bonds. The molecule has 1 aromatic carbocycles. The topological polar surface area (TPSA) is 21.3 Å². The highest BCUT2D eigenvalue weighted by Gasteiger charge is 2.29. The Morgan fingerprint density at radius 3 is 2.33 bits per heavy atom. The summed E-state index contributed by atoms with van der Waals surface area (Å²) in [7, 11) is 0. The number of benzene rings is 1. The van der Waals surface area contributed by atoms with E-state index in [2.05, 4.69) is 35.6 Å². The maximum atomic E-state index is 5.30. The van der Waals surface area contributed by atoms with Gasteiger partial charge in [-0.3, -0.25) is 0 Å². The SMILES string of the molecule is c1ccc(C(NC2COC2)C2CCCCC2)cc1. The fourth-order valence-electron chi connectivity index (χ4n) is 3.22. The fraction of sp³-hybridized carbons (Fsp3) is 0.625. The Labute approximate surface area is 110 Å². The molecule has 0 spiro atoms. The van der Waals surface area contributed by atoms with E-state index in [1.54, 1.807) is 0 Å². The van der Waals surface area contributed by atoms with E-state index in [0.717, 1.165) is 19.1 Å². The quantitative estimate of drug-likeness (QED) is 0.879. The van der Waals surface area contributed by atoms with Crippen LogP contribution in [0.1, 0.15) is 43.7 Å². The molecule has 0 bridgehead atoms. The standard InChI is InChI=1S/C16H23NO/c1-3-7-13(8-4-1)16(17-15-11-18-12-15)14-9-5-2-6-10-14/h1,3-4,7-8,14-17H,2,5-6,9-12H2. The molecule has 2 fully saturated rings. The summed E-state index contributed by atoms with van der Waals surface area (Å²) < 4.78 is 5.30. The normalized spacial score (nSPS) is 23.6. The zero-order valence-electron chi connectivity index (χ0n) is 11.0. The summed E-state index contributed by atoms with van der Waals surface area (Å²) in [5.41, 5.74) is 1.45. The van der Waals surface area contributed by atoms with Crippen molar-refractivity contribution in [3.8, 4) is 0 Å². The van der Waals surface area contributed by atoms with Crippen molar-refractivity contribution in [2.45, 2.75) is 44.2 Å². The molecule has 1 saturated carbocycles. The van der Waals surface area contributed by atoms with Crippen molar-refractivity contribution in [3.05, 3.63) is 35.9 Å². The first-order valence-electron chi connectivity index (χ1n) is 7.32. The predicted octanol–water partition coefficient (Wildman–Crippen LogP) is 3.30. The van der Waals surface area contributed by atoms with Crippen molar-refractivity contribution < 1.29 is 4.74 Å². The van der Waals surface area contributed by atoms with Gasteiger partial charge in [-0.15, -0.1) is 0 Å². The Morgan fingerprint density at radius 2 is 1.72 bits per heavy atom. The minimum absolute atomic E-state index is 0.528. The fourth-order valence-corrected chi connectivity index (χ4v) is 3.22. The molecule has 2 aliphatic rings. The third-order valence-corrected chi connectivity index (χ3v) is 4.33. The molecule has 0 radical (unpaired) electrons. The molecule has 98 valence electrons. The van der Waals surface area contributed by atoms with Gasteiger partial charge in [0.1, 0.15) is 0 Å². The molecule has 1 aliphatic heterocycles. The Balaban J connectivity index is 1.73. The molecule has 1 N–H and O–H groups in total. The highest BCUT2D eigenvalue weighted by atomic mass is 16.5. The lowest BCUT2D eigenvalue weighted by Crippen LogP contribution is -2.49. The van der Waals surface area contributed by atoms with Gasteiger partial charge in [-0.2, -0.15) is 0 Å². The van der Waals surface area contributed by atoms with Gasteiger partial charge in [0.15, 0.2) is 0 Å². The molecule has 3 rings (SSSR count). The van der Waals surface area contributed by atoms with E-state index >= 15 is 0 Å². The van der Waals surface area contributed by atoms with Crippen LogP contribution in [-0.2, 0) is 4.74 Å². The Bertz CT molecular complexity index is 355. The van der Waals surface area contributed by atoms with E-state index in [-0.39, 0.29) is 0 Å². The van der Waals surface area contributed by atoms with Crippen molar-refractivity contribution in [2.75, 3.05) is 13.2 Å². The maximum absolute atomic E-state index is 5.30. The molecule has 2 heteroatoms. The van der Waals surface area contributed by atoms with Crippen molar-refractivity contribution >= 4 is 0 Å². The summed E-state index contributed by atoms with van der Waals surface area (Å²) in [6.45, 7) is 1.77. The molecule has 18 heavy (non-hydrogen) atoms. The van der Waals surface area contributed by atoms with Gasteiger partial charge in [0.2, 0.25) is 0 Å². The van der Waals surface area contributed by atoms with Crippen LogP contribution in [0.15, 0.2) is 30.3 Å². The average Bonchev–Trinajstić information content (AvgIpc) is 2.40. The summed E-state index contributed by atoms with van der Waals surface area (Å²) in [5, 5.41) is 3.81. The van der Waals surface area contributed by atoms with Gasteiger partial charge >= 0.3 is 0 Å². The molecule has 1 saturated heterocycles. The molecule has 1 unspecified atom stereocenters. The van der Waals surface area contributed by atoms with E-state index in [1.807, 2.05) is 0 Å². The van der Waals surface area contributed by atoms with Crippen LogP contribution in [0.3, 0.4) is 0 Å². The zero-order valence-corrected chi connectivity index (χ0v) is 11.0. The summed E-state index contributed by atoms with van der Waals surface area (Å²) >= 11 is 0. The van der Waals surface area contributed by atoms with E-state index < -0.39 is 0 Å². The van der Waals surface area contributed by atoms with E-state index in [9.17, 15) is 0 Å². The van der Waals surface area contributed by atoms with Gasteiger partial charge in [0.05, 0.1) is 19.3 Å². The molecule has 2 nitrogen and oxygen atoms in total. The molecule has 1 atom stereocenters. The van der Waals surface area contributed by atoms with E-state index in [4.69, 9.17) is 4.74 Å². The van der Waals surface area contributed by atoms with E-state index in [1.165, 1.54) is 37.7 Å². The van der Waals surface area contributed by atoms with Gasteiger partial charge in [0.25, 0.3) is 0 Å². The van der Waals surface area contributed by atoms with Crippen LogP contribution in [0.25, 0.3) is 0 Å². The van der Waals surface area contributed by atoms with Crippen LogP contribution in [-0.4, -0.2) is 19.3 Å². The van der Waals surface area contributed by atoms with E-state index in [0.29, 0.717) is 12.1 Å². The maximum Gasteiger partial charge on any atom is 0.0643 e. The zero-order chi connectivity index (χ0) is 12.2. The highest BCUT2D eigenvalue weighted by molar-refractivity contribution is 5.20. The van der Waals surface area contributed by atoms with Crippen LogP contribution in [0.2, 0.25) is 0 Å². The number of nitrogens with one attached hydrogen (secondary N) is 1. The molecule has 1 heterocycles. The molecule has 1 aliphatic carbocycles. The number of rotatable bonds is 4. The first-order valence-corrected chi connectivity index (χ1v) is 7.32. The molecular weight excluding hydrogens is 222 g/mol. The lowest BCUT2D eigenvalue weighted by molar-refractivity contribution is -0.0147. The van der Waals surface area contributed by atoms with Crippen molar-refractivity contribution in [1.82, 2.24) is 5.32 Å². The summed E-state index contributed by atoms with van der Waals surface area (Å²) in [4.78, 5) is 0. The van der Waals surface area contributed by atoms with Crippen LogP contribution in [0.5, 0.6) is 0 Å².